The number of aromatic nitrogens is 2. The maximum atomic E-state index is 11.9. The fraction of sp³-hybridized carbons (Fsp3) is 0.600. The van der Waals surface area contributed by atoms with Crippen LogP contribution in [0.25, 0.3) is 0 Å². The summed E-state index contributed by atoms with van der Waals surface area (Å²) >= 11 is 0. The molecule has 7 heteroatoms. The molecule has 1 aliphatic rings. The zero-order chi connectivity index (χ0) is 12.5. The van der Waals surface area contributed by atoms with Crippen molar-refractivity contribution in [3.8, 4) is 0 Å². The van der Waals surface area contributed by atoms with Crippen LogP contribution in [0.5, 0.6) is 0 Å². The first-order valence-electron chi connectivity index (χ1n) is 5.52. The first kappa shape index (κ1) is 12.3. The fourth-order valence-electron chi connectivity index (χ4n) is 1.57. The van der Waals surface area contributed by atoms with Crippen LogP contribution in [0, 0.1) is 11.8 Å². The Kier molecular flexibility index (Phi) is 3.30. The average molecular weight is 256 g/mol. The molecule has 0 amide bonds. The highest BCUT2D eigenvalue weighted by Gasteiger charge is 2.33. The number of anilines is 1. The molecular weight excluding hydrogens is 240 g/mol. The van der Waals surface area contributed by atoms with Gasteiger partial charge in [-0.05, 0) is 18.3 Å². The van der Waals surface area contributed by atoms with E-state index in [4.69, 9.17) is 0 Å². The van der Waals surface area contributed by atoms with E-state index >= 15 is 0 Å². The highest BCUT2D eigenvalue weighted by atomic mass is 32.2. The van der Waals surface area contributed by atoms with Crippen molar-refractivity contribution < 1.29 is 8.42 Å². The van der Waals surface area contributed by atoms with Gasteiger partial charge in [-0.2, -0.15) is 0 Å². The van der Waals surface area contributed by atoms with Gasteiger partial charge in [-0.15, -0.1) is 0 Å². The van der Waals surface area contributed by atoms with Gasteiger partial charge in [0.1, 0.15) is 4.90 Å². The Bertz CT molecular complexity index is 486. The summed E-state index contributed by atoms with van der Waals surface area (Å²) in [5, 5.41) is 2.73. The molecule has 0 aliphatic heterocycles. The van der Waals surface area contributed by atoms with Crippen molar-refractivity contribution in [1.82, 2.24) is 14.7 Å². The normalized spacial score (nSPS) is 23.4. The van der Waals surface area contributed by atoms with E-state index in [1.165, 1.54) is 12.4 Å². The van der Waals surface area contributed by atoms with Crippen LogP contribution in [-0.2, 0) is 10.0 Å². The Labute approximate surface area is 101 Å². The van der Waals surface area contributed by atoms with Crippen LogP contribution >= 0.6 is 0 Å². The van der Waals surface area contributed by atoms with Gasteiger partial charge in [0.15, 0.2) is 0 Å². The van der Waals surface area contributed by atoms with Crippen molar-refractivity contribution in [2.45, 2.75) is 18.2 Å². The number of nitrogens with zero attached hydrogens (tertiary/aromatic N) is 2. The predicted molar refractivity (Wildman–Crippen MR) is 64.0 cm³/mol. The minimum Gasteiger partial charge on any atom is -0.357 e. The summed E-state index contributed by atoms with van der Waals surface area (Å²) < 4.78 is 26.3. The molecule has 6 nitrogen and oxygen atoms in total. The van der Waals surface area contributed by atoms with E-state index in [1.54, 1.807) is 7.05 Å². The lowest BCUT2D eigenvalue weighted by Crippen LogP contribution is -2.26. The molecule has 0 aromatic carbocycles. The number of sulfonamides is 1. The number of nitrogens with one attached hydrogen (secondary N) is 2. The average Bonchev–Trinajstić information content (AvgIpc) is 3.03. The molecule has 2 unspecified atom stereocenters. The van der Waals surface area contributed by atoms with Gasteiger partial charge in [-0.25, -0.2) is 23.1 Å². The van der Waals surface area contributed by atoms with Crippen LogP contribution in [0.3, 0.4) is 0 Å². The minimum atomic E-state index is -3.47. The molecule has 2 rings (SSSR count). The summed E-state index contributed by atoms with van der Waals surface area (Å²) in [7, 11) is -1.79. The van der Waals surface area contributed by atoms with E-state index in [0.717, 1.165) is 6.42 Å². The maximum absolute atomic E-state index is 11.9. The lowest BCUT2D eigenvalue weighted by molar-refractivity contribution is 0.573. The van der Waals surface area contributed by atoms with Crippen molar-refractivity contribution >= 4 is 16.0 Å². The highest BCUT2D eigenvalue weighted by Crippen LogP contribution is 2.36. The number of hydrogen-bond donors (Lipinski definition) is 2. The third-order valence-electron chi connectivity index (χ3n) is 2.97. The Morgan fingerprint density at radius 3 is 2.47 bits per heavy atom. The lowest BCUT2D eigenvalue weighted by atomic mass is 10.3. The maximum Gasteiger partial charge on any atom is 0.243 e. The predicted octanol–water partition coefficient (Wildman–Crippen LogP) is 0.453. The number of rotatable bonds is 5. The van der Waals surface area contributed by atoms with Gasteiger partial charge in [-0.1, -0.05) is 6.92 Å². The van der Waals surface area contributed by atoms with Crippen LogP contribution < -0.4 is 10.0 Å². The number of hydrogen-bond acceptors (Lipinski definition) is 5. The Balaban J connectivity index is 2.02. The first-order chi connectivity index (χ1) is 8.03. The van der Waals surface area contributed by atoms with E-state index in [-0.39, 0.29) is 4.90 Å². The molecule has 0 saturated heterocycles. The van der Waals surface area contributed by atoms with Gasteiger partial charge in [0.2, 0.25) is 16.0 Å². The third kappa shape index (κ3) is 2.92. The zero-order valence-corrected chi connectivity index (χ0v) is 10.7. The molecule has 94 valence electrons. The van der Waals surface area contributed by atoms with E-state index < -0.39 is 10.0 Å². The SMILES string of the molecule is CNc1ncc(S(=O)(=O)NCC2CC2C)cn1. The fourth-order valence-corrected chi connectivity index (χ4v) is 2.55. The van der Waals surface area contributed by atoms with Crippen LogP contribution in [-0.4, -0.2) is 32.0 Å². The third-order valence-corrected chi connectivity index (χ3v) is 4.35. The molecule has 1 aromatic heterocycles. The van der Waals surface area contributed by atoms with Gasteiger partial charge >= 0.3 is 0 Å². The van der Waals surface area contributed by atoms with Crippen molar-refractivity contribution in [3.05, 3.63) is 12.4 Å². The second kappa shape index (κ2) is 4.58. The van der Waals surface area contributed by atoms with Gasteiger partial charge in [0, 0.05) is 13.6 Å². The lowest BCUT2D eigenvalue weighted by Gasteiger charge is -2.05. The molecule has 2 atom stereocenters. The molecule has 1 aliphatic carbocycles. The summed E-state index contributed by atoms with van der Waals surface area (Å²) in [4.78, 5) is 7.86. The second-order valence-electron chi connectivity index (χ2n) is 4.32. The molecule has 1 heterocycles. The van der Waals surface area contributed by atoms with Gasteiger partial charge in [0.05, 0.1) is 12.4 Å². The van der Waals surface area contributed by atoms with Crippen molar-refractivity contribution in [2.24, 2.45) is 11.8 Å². The monoisotopic (exact) mass is 256 g/mol. The molecule has 0 bridgehead atoms. The van der Waals surface area contributed by atoms with E-state index in [2.05, 4.69) is 26.9 Å². The van der Waals surface area contributed by atoms with E-state index in [0.29, 0.717) is 24.3 Å². The van der Waals surface area contributed by atoms with Gasteiger partial charge < -0.3 is 5.32 Å². The van der Waals surface area contributed by atoms with Crippen LogP contribution in [0.15, 0.2) is 17.3 Å². The Morgan fingerprint density at radius 1 is 1.41 bits per heavy atom. The molecule has 1 aromatic rings. The molecule has 2 N–H and O–H groups in total. The first-order valence-corrected chi connectivity index (χ1v) is 7.00. The van der Waals surface area contributed by atoms with Gasteiger partial charge in [-0.3, -0.25) is 0 Å². The quantitative estimate of drug-likeness (QED) is 0.799. The van der Waals surface area contributed by atoms with Crippen molar-refractivity contribution in [2.75, 3.05) is 18.9 Å². The highest BCUT2D eigenvalue weighted by molar-refractivity contribution is 7.89. The minimum absolute atomic E-state index is 0.102. The van der Waals surface area contributed by atoms with Crippen LogP contribution in [0.1, 0.15) is 13.3 Å². The van der Waals surface area contributed by atoms with Crippen LogP contribution in [0.2, 0.25) is 0 Å². The molecule has 17 heavy (non-hydrogen) atoms. The summed E-state index contributed by atoms with van der Waals surface area (Å²) in [6.07, 6.45) is 3.70. The standard InChI is InChI=1S/C10H16N4O2S/c1-7-3-8(7)4-14-17(15,16)9-5-12-10(11-2)13-6-9/h5-8,14H,3-4H2,1-2H3,(H,11,12,13). The second-order valence-corrected chi connectivity index (χ2v) is 6.08. The zero-order valence-electron chi connectivity index (χ0n) is 9.84. The molecule has 0 radical (unpaired) electrons. The Morgan fingerprint density at radius 2 is 2.00 bits per heavy atom. The summed E-state index contributed by atoms with van der Waals surface area (Å²) in [5.41, 5.74) is 0. The summed E-state index contributed by atoms with van der Waals surface area (Å²) in [5.74, 6) is 1.50. The van der Waals surface area contributed by atoms with Crippen molar-refractivity contribution in [1.29, 1.82) is 0 Å². The molecular formula is C10H16N4O2S. The van der Waals surface area contributed by atoms with Gasteiger partial charge in [0.25, 0.3) is 0 Å². The summed E-state index contributed by atoms with van der Waals surface area (Å²) in [6.45, 7) is 2.61. The largest absolute Gasteiger partial charge is 0.357 e. The van der Waals surface area contributed by atoms with Crippen LogP contribution in [0.4, 0.5) is 5.95 Å². The molecule has 1 fully saturated rings. The van der Waals surface area contributed by atoms with Crippen molar-refractivity contribution in [3.63, 3.8) is 0 Å². The van der Waals surface area contributed by atoms with E-state index in [9.17, 15) is 8.42 Å². The topological polar surface area (TPSA) is 84.0 Å². The molecule has 0 spiro atoms. The smallest absolute Gasteiger partial charge is 0.243 e. The molecule has 1 saturated carbocycles. The summed E-state index contributed by atoms with van der Waals surface area (Å²) in [6, 6.07) is 0. The van der Waals surface area contributed by atoms with E-state index in [1.807, 2.05) is 0 Å². The Hall–Kier alpha value is -1.21.